The van der Waals surface area contributed by atoms with Gasteiger partial charge in [-0.1, -0.05) is 36.4 Å². The largest absolute Gasteiger partial charge is 0.497 e. The van der Waals surface area contributed by atoms with Crippen molar-refractivity contribution in [3.8, 4) is 5.75 Å². The van der Waals surface area contributed by atoms with Crippen LogP contribution < -0.4 is 10.1 Å². The number of nitrogens with one attached hydrogen (secondary N) is 1. The first kappa shape index (κ1) is 24.7. The van der Waals surface area contributed by atoms with Crippen LogP contribution in [0.3, 0.4) is 0 Å². The number of fused-ring (bicyclic) bond motifs is 1. The van der Waals surface area contributed by atoms with E-state index in [1.165, 1.54) is 28.4 Å². The molecule has 0 bridgehead atoms. The van der Waals surface area contributed by atoms with Crippen molar-refractivity contribution in [3.63, 3.8) is 0 Å². The Bertz CT molecular complexity index is 1320. The summed E-state index contributed by atoms with van der Waals surface area (Å²) >= 11 is 0. The number of ether oxygens (including phenoxy) is 1. The standard InChI is InChI=1S/C26H29N3O5S/c1-28(18-25(30)27-24-11-5-8-19-7-3-4-10-23(19)24)26(31)20-9-6-16-29(17-20)35(32,33)22-14-12-21(34-2)13-15-22/h3-5,7-8,10-15,20H,6,9,16-18H2,1-2H3,(H,27,30). The summed E-state index contributed by atoms with van der Waals surface area (Å²) in [7, 11) is -0.648. The Kier molecular flexibility index (Phi) is 7.37. The van der Waals surface area contributed by atoms with E-state index < -0.39 is 15.9 Å². The lowest BCUT2D eigenvalue weighted by molar-refractivity contribution is -0.138. The molecule has 1 aliphatic rings. The van der Waals surface area contributed by atoms with Crippen LogP contribution in [-0.4, -0.2) is 63.2 Å². The Morgan fingerprint density at radius 1 is 1.06 bits per heavy atom. The van der Waals surface area contributed by atoms with Crippen LogP contribution >= 0.6 is 0 Å². The van der Waals surface area contributed by atoms with Crippen molar-refractivity contribution in [2.75, 3.05) is 39.1 Å². The quantitative estimate of drug-likeness (QED) is 0.542. The van der Waals surface area contributed by atoms with Gasteiger partial charge < -0.3 is 15.0 Å². The molecule has 9 heteroatoms. The van der Waals surface area contributed by atoms with E-state index in [-0.39, 0.29) is 29.8 Å². The SMILES string of the molecule is COc1ccc(S(=O)(=O)N2CCCC(C(=O)N(C)CC(=O)Nc3cccc4ccccc34)C2)cc1. The third kappa shape index (κ3) is 5.47. The zero-order valence-corrected chi connectivity index (χ0v) is 20.6. The number of piperidine rings is 1. The zero-order valence-electron chi connectivity index (χ0n) is 19.8. The number of benzene rings is 3. The maximum atomic E-state index is 13.1. The van der Waals surface area contributed by atoms with Crippen LogP contribution in [-0.2, 0) is 19.6 Å². The van der Waals surface area contributed by atoms with E-state index in [9.17, 15) is 18.0 Å². The molecule has 35 heavy (non-hydrogen) atoms. The van der Waals surface area contributed by atoms with Crippen LogP contribution in [0.5, 0.6) is 5.75 Å². The fourth-order valence-electron chi connectivity index (χ4n) is 4.39. The van der Waals surface area contributed by atoms with Crippen molar-refractivity contribution in [3.05, 3.63) is 66.7 Å². The number of hydrogen-bond acceptors (Lipinski definition) is 5. The minimum Gasteiger partial charge on any atom is -0.497 e. The van der Waals surface area contributed by atoms with E-state index in [1.807, 2.05) is 42.5 Å². The molecule has 0 aromatic heterocycles. The van der Waals surface area contributed by atoms with E-state index >= 15 is 0 Å². The van der Waals surface area contributed by atoms with Crippen molar-refractivity contribution in [2.24, 2.45) is 5.92 Å². The Balaban J connectivity index is 1.39. The van der Waals surface area contributed by atoms with Gasteiger partial charge >= 0.3 is 0 Å². The molecule has 1 unspecified atom stereocenters. The first-order valence-electron chi connectivity index (χ1n) is 11.5. The average Bonchev–Trinajstić information content (AvgIpc) is 2.88. The van der Waals surface area contributed by atoms with Gasteiger partial charge in [-0.05, 0) is 48.6 Å². The number of likely N-dealkylation sites (N-methyl/N-ethyl adjacent to an activating group) is 1. The second-order valence-electron chi connectivity index (χ2n) is 8.65. The minimum atomic E-state index is -3.74. The van der Waals surface area contributed by atoms with Gasteiger partial charge in [-0.2, -0.15) is 4.31 Å². The van der Waals surface area contributed by atoms with Gasteiger partial charge in [-0.25, -0.2) is 8.42 Å². The second kappa shape index (κ2) is 10.5. The molecule has 0 spiro atoms. The van der Waals surface area contributed by atoms with Gasteiger partial charge in [0.05, 0.1) is 24.5 Å². The van der Waals surface area contributed by atoms with Gasteiger partial charge in [-0.3, -0.25) is 9.59 Å². The molecule has 3 aromatic rings. The molecule has 1 N–H and O–H groups in total. The van der Waals surface area contributed by atoms with Gasteiger partial charge in [0.2, 0.25) is 21.8 Å². The van der Waals surface area contributed by atoms with Crippen LogP contribution in [0.4, 0.5) is 5.69 Å². The maximum absolute atomic E-state index is 13.1. The number of carbonyl (C=O) groups is 2. The molecular weight excluding hydrogens is 466 g/mol. The summed E-state index contributed by atoms with van der Waals surface area (Å²) in [5.74, 6) is -0.491. The van der Waals surface area contributed by atoms with Crippen molar-refractivity contribution in [2.45, 2.75) is 17.7 Å². The molecule has 2 amide bonds. The number of rotatable bonds is 7. The predicted molar refractivity (Wildman–Crippen MR) is 135 cm³/mol. The molecule has 1 atom stereocenters. The predicted octanol–water partition coefficient (Wildman–Crippen LogP) is 3.35. The number of carbonyl (C=O) groups excluding carboxylic acids is 2. The Hall–Kier alpha value is -3.43. The molecule has 1 heterocycles. The third-order valence-corrected chi connectivity index (χ3v) is 8.13. The number of hydrogen-bond donors (Lipinski definition) is 1. The molecule has 184 valence electrons. The highest BCUT2D eigenvalue weighted by Crippen LogP contribution is 2.26. The van der Waals surface area contributed by atoms with Crippen molar-refractivity contribution in [1.82, 2.24) is 9.21 Å². The molecule has 1 aliphatic heterocycles. The molecule has 3 aromatic carbocycles. The highest BCUT2D eigenvalue weighted by atomic mass is 32.2. The van der Waals surface area contributed by atoms with Gasteiger partial charge in [0, 0.05) is 31.2 Å². The molecular formula is C26H29N3O5S. The normalized spacial score (nSPS) is 16.6. The number of amides is 2. The molecule has 1 saturated heterocycles. The lowest BCUT2D eigenvalue weighted by Gasteiger charge is -2.33. The molecule has 0 saturated carbocycles. The number of nitrogens with zero attached hydrogens (tertiary/aromatic N) is 2. The molecule has 8 nitrogen and oxygen atoms in total. The highest BCUT2D eigenvalue weighted by molar-refractivity contribution is 7.89. The fraction of sp³-hybridized carbons (Fsp3) is 0.308. The Labute approximate surface area is 205 Å². The van der Waals surface area contributed by atoms with E-state index in [0.717, 1.165) is 10.8 Å². The summed E-state index contributed by atoms with van der Waals surface area (Å²) in [6.45, 7) is 0.315. The van der Waals surface area contributed by atoms with E-state index in [2.05, 4.69) is 5.32 Å². The van der Waals surface area contributed by atoms with Crippen LogP contribution in [0.1, 0.15) is 12.8 Å². The van der Waals surface area contributed by atoms with Crippen LogP contribution in [0.25, 0.3) is 10.8 Å². The zero-order chi connectivity index (χ0) is 25.0. The van der Waals surface area contributed by atoms with E-state index in [1.54, 1.807) is 19.2 Å². The number of methoxy groups -OCH3 is 1. The summed E-state index contributed by atoms with van der Waals surface area (Å²) in [5.41, 5.74) is 0.684. The number of anilines is 1. The third-order valence-electron chi connectivity index (χ3n) is 6.25. The van der Waals surface area contributed by atoms with E-state index in [0.29, 0.717) is 30.8 Å². The number of sulfonamides is 1. The van der Waals surface area contributed by atoms with Gasteiger partial charge in [0.15, 0.2) is 0 Å². The summed E-state index contributed by atoms with van der Waals surface area (Å²) in [6.07, 6.45) is 1.14. The van der Waals surface area contributed by atoms with Gasteiger partial charge in [-0.15, -0.1) is 0 Å². The first-order valence-corrected chi connectivity index (χ1v) is 12.9. The molecule has 0 aliphatic carbocycles. The summed E-state index contributed by atoms with van der Waals surface area (Å²) < 4.78 is 32.7. The topological polar surface area (TPSA) is 96.0 Å². The monoisotopic (exact) mass is 495 g/mol. The molecule has 1 fully saturated rings. The van der Waals surface area contributed by atoms with Crippen LogP contribution in [0, 0.1) is 5.92 Å². The summed E-state index contributed by atoms with van der Waals surface area (Å²) in [4.78, 5) is 27.3. The second-order valence-corrected chi connectivity index (χ2v) is 10.6. The molecule has 0 radical (unpaired) electrons. The van der Waals surface area contributed by atoms with Crippen molar-refractivity contribution >= 4 is 38.3 Å². The average molecular weight is 496 g/mol. The Morgan fingerprint density at radius 2 is 1.77 bits per heavy atom. The van der Waals surface area contributed by atoms with Crippen LogP contribution in [0.15, 0.2) is 71.6 Å². The smallest absolute Gasteiger partial charge is 0.244 e. The van der Waals surface area contributed by atoms with E-state index in [4.69, 9.17) is 4.74 Å². The van der Waals surface area contributed by atoms with Crippen LogP contribution in [0.2, 0.25) is 0 Å². The fourth-order valence-corrected chi connectivity index (χ4v) is 5.91. The Morgan fingerprint density at radius 3 is 2.51 bits per heavy atom. The molecule has 4 rings (SSSR count). The van der Waals surface area contributed by atoms with Gasteiger partial charge in [0.25, 0.3) is 0 Å². The lowest BCUT2D eigenvalue weighted by atomic mass is 9.98. The minimum absolute atomic E-state index is 0.0858. The van der Waals surface area contributed by atoms with Crippen molar-refractivity contribution in [1.29, 1.82) is 0 Å². The summed E-state index contributed by atoms with van der Waals surface area (Å²) in [6, 6.07) is 19.6. The highest BCUT2D eigenvalue weighted by Gasteiger charge is 2.34. The van der Waals surface area contributed by atoms with Gasteiger partial charge in [0.1, 0.15) is 5.75 Å². The first-order chi connectivity index (χ1) is 16.8. The maximum Gasteiger partial charge on any atom is 0.244 e. The lowest BCUT2D eigenvalue weighted by Crippen LogP contribution is -2.47. The van der Waals surface area contributed by atoms with Crippen molar-refractivity contribution < 1.29 is 22.7 Å². The summed E-state index contributed by atoms with van der Waals surface area (Å²) in [5, 5.41) is 4.82.